The minimum Gasteiger partial charge on any atom is -0.378 e. The number of carbonyl (C=O) groups excluding carboxylic acids is 1. The van der Waals surface area contributed by atoms with E-state index in [9.17, 15) is 9.90 Å². The van der Waals surface area contributed by atoms with Crippen molar-refractivity contribution in [1.29, 1.82) is 0 Å². The molecular formula is C29H35NO2. The lowest BCUT2D eigenvalue weighted by atomic mass is 9.51. The first kappa shape index (κ1) is 21.5. The summed E-state index contributed by atoms with van der Waals surface area (Å²) in [7, 11) is 4.14. The Labute approximate surface area is 192 Å². The number of nitrogens with zero attached hydrogens (tertiary/aromatic N) is 1. The highest BCUT2D eigenvalue weighted by Crippen LogP contribution is 2.66. The summed E-state index contributed by atoms with van der Waals surface area (Å²) in [4.78, 5) is 14.3. The highest BCUT2D eigenvalue weighted by molar-refractivity contribution is 5.93. The normalized spacial score (nSPS) is 35.8. The zero-order valence-electron chi connectivity index (χ0n) is 19.9. The van der Waals surface area contributed by atoms with Gasteiger partial charge in [0.15, 0.2) is 5.78 Å². The van der Waals surface area contributed by atoms with Gasteiger partial charge in [0.05, 0.1) is 0 Å². The van der Waals surface area contributed by atoms with Gasteiger partial charge in [0.1, 0.15) is 5.60 Å². The number of rotatable bonds is 2. The van der Waals surface area contributed by atoms with Crippen molar-refractivity contribution in [3.63, 3.8) is 0 Å². The topological polar surface area (TPSA) is 40.5 Å². The number of benzene rings is 1. The fourth-order valence-corrected chi connectivity index (χ4v) is 7.38. The average Bonchev–Trinajstić information content (AvgIpc) is 3.03. The highest BCUT2D eigenvalue weighted by atomic mass is 16.3. The second-order valence-electron chi connectivity index (χ2n) is 10.8. The molecule has 168 valence electrons. The number of hydrogen-bond acceptors (Lipinski definition) is 3. The molecule has 1 N–H and O–H groups in total. The van der Waals surface area contributed by atoms with Gasteiger partial charge in [0.25, 0.3) is 0 Å². The molecule has 0 heterocycles. The second-order valence-corrected chi connectivity index (χ2v) is 10.8. The van der Waals surface area contributed by atoms with E-state index in [1.165, 1.54) is 22.4 Å². The lowest BCUT2D eigenvalue weighted by Crippen LogP contribution is -2.51. The quantitative estimate of drug-likeness (QED) is 0.640. The second kappa shape index (κ2) is 7.63. The minimum absolute atomic E-state index is 0.221. The Kier molecular flexibility index (Phi) is 5.13. The van der Waals surface area contributed by atoms with E-state index in [1.807, 2.05) is 13.0 Å². The predicted octanol–water partition coefficient (Wildman–Crippen LogP) is 5.41. The fourth-order valence-electron chi connectivity index (χ4n) is 7.38. The third-order valence-corrected chi connectivity index (χ3v) is 9.03. The third-order valence-electron chi connectivity index (χ3n) is 9.03. The van der Waals surface area contributed by atoms with Crippen LogP contribution in [-0.4, -0.2) is 30.6 Å². The molecule has 2 saturated carbocycles. The zero-order chi connectivity index (χ0) is 22.7. The molecule has 4 aliphatic rings. The van der Waals surface area contributed by atoms with E-state index in [0.29, 0.717) is 18.3 Å². The molecule has 2 fully saturated rings. The number of ketones is 1. The van der Waals surface area contributed by atoms with Crippen LogP contribution in [-0.2, 0) is 4.79 Å². The first-order valence-electron chi connectivity index (χ1n) is 12.2. The number of aliphatic hydroxyl groups is 1. The van der Waals surface area contributed by atoms with Crippen molar-refractivity contribution in [3.05, 3.63) is 52.6 Å². The first-order chi connectivity index (χ1) is 15.3. The van der Waals surface area contributed by atoms with Crippen LogP contribution in [0.25, 0.3) is 0 Å². The van der Waals surface area contributed by atoms with Gasteiger partial charge in [0.2, 0.25) is 0 Å². The molecule has 32 heavy (non-hydrogen) atoms. The van der Waals surface area contributed by atoms with Crippen LogP contribution >= 0.6 is 0 Å². The van der Waals surface area contributed by atoms with Crippen molar-refractivity contribution in [2.45, 2.75) is 70.3 Å². The summed E-state index contributed by atoms with van der Waals surface area (Å²) in [6.45, 7) is 4.15. The molecule has 5 rings (SSSR count). The summed E-state index contributed by atoms with van der Waals surface area (Å²) < 4.78 is 0. The Bertz CT molecular complexity index is 1070. The van der Waals surface area contributed by atoms with Crippen LogP contribution in [0.2, 0.25) is 0 Å². The molecule has 0 spiro atoms. The Morgan fingerprint density at radius 3 is 2.53 bits per heavy atom. The summed E-state index contributed by atoms with van der Waals surface area (Å²) >= 11 is 0. The lowest BCUT2D eigenvalue weighted by molar-refractivity contribution is -0.114. The van der Waals surface area contributed by atoms with E-state index in [1.54, 1.807) is 5.57 Å². The SMILES string of the molecule is CC#C[C@]1(O)CC[C@@H]2[C@@H]3CCC4=CC(=O)CCC4=C3[C@H](c3ccc(N(C)C)cc3)C[C@@]21C. The molecule has 0 aliphatic heterocycles. The van der Waals surface area contributed by atoms with Gasteiger partial charge in [-0.2, -0.15) is 0 Å². The van der Waals surface area contributed by atoms with Crippen LogP contribution in [0.15, 0.2) is 47.1 Å². The Morgan fingerprint density at radius 2 is 1.84 bits per heavy atom. The van der Waals surface area contributed by atoms with Crippen molar-refractivity contribution in [2.75, 3.05) is 19.0 Å². The van der Waals surface area contributed by atoms with Gasteiger partial charge in [-0.05, 0) is 92.2 Å². The van der Waals surface area contributed by atoms with Gasteiger partial charge in [-0.3, -0.25) is 4.79 Å². The zero-order valence-corrected chi connectivity index (χ0v) is 19.9. The summed E-state index contributed by atoms with van der Waals surface area (Å²) in [6, 6.07) is 8.97. The van der Waals surface area contributed by atoms with Crippen LogP contribution in [0.4, 0.5) is 5.69 Å². The van der Waals surface area contributed by atoms with E-state index < -0.39 is 5.60 Å². The van der Waals surface area contributed by atoms with Gasteiger partial charge < -0.3 is 10.0 Å². The Hall–Kier alpha value is -2.31. The summed E-state index contributed by atoms with van der Waals surface area (Å²) in [5, 5.41) is 11.7. The summed E-state index contributed by atoms with van der Waals surface area (Å²) in [5.41, 5.74) is 5.71. The molecule has 3 nitrogen and oxygen atoms in total. The maximum Gasteiger partial charge on any atom is 0.156 e. The minimum atomic E-state index is -0.914. The van der Waals surface area contributed by atoms with Gasteiger partial charge in [-0.1, -0.05) is 30.6 Å². The molecule has 1 aromatic rings. The number of allylic oxidation sites excluding steroid dienone is 4. The molecule has 0 unspecified atom stereocenters. The molecule has 0 bridgehead atoms. The van der Waals surface area contributed by atoms with Crippen LogP contribution in [0.3, 0.4) is 0 Å². The first-order valence-corrected chi connectivity index (χ1v) is 12.2. The van der Waals surface area contributed by atoms with Crippen LogP contribution in [0.5, 0.6) is 0 Å². The molecule has 0 amide bonds. The Morgan fingerprint density at radius 1 is 1.09 bits per heavy atom. The van der Waals surface area contributed by atoms with Gasteiger partial charge in [-0.15, -0.1) is 5.92 Å². The summed E-state index contributed by atoms with van der Waals surface area (Å²) in [5.74, 6) is 7.76. The van der Waals surface area contributed by atoms with Gasteiger partial charge >= 0.3 is 0 Å². The highest BCUT2D eigenvalue weighted by Gasteiger charge is 2.62. The largest absolute Gasteiger partial charge is 0.378 e. The lowest BCUT2D eigenvalue weighted by Gasteiger charge is -2.53. The van der Waals surface area contributed by atoms with Crippen molar-refractivity contribution >= 4 is 11.5 Å². The summed E-state index contributed by atoms with van der Waals surface area (Å²) in [6.07, 6.45) is 8.23. The molecule has 0 radical (unpaired) electrons. The predicted molar refractivity (Wildman–Crippen MR) is 129 cm³/mol. The third kappa shape index (κ3) is 3.11. The van der Waals surface area contributed by atoms with Crippen molar-refractivity contribution < 1.29 is 9.90 Å². The fraction of sp³-hybridized carbons (Fsp3) is 0.552. The smallest absolute Gasteiger partial charge is 0.156 e. The maximum atomic E-state index is 12.2. The van der Waals surface area contributed by atoms with E-state index in [0.717, 1.165) is 38.5 Å². The van der Waals surface area contributed by atoms with Crippen LogP contribution < -0.4 is 4.90 Å². The number of carbonyl (C=O) groups is 1. The van der Waals surface area contributed by atoms with E-state index in [4.69, 9.17) is 0 Å². The average molecular weight is 430 g/mol. The maximum absolute atomic E-state index is 12.2. The van der Waals surface area contributed by atoms with Gasteiger partial charge in [0, 0.05) is 37.5 Å². The standard InChI is InChI=1S/C29H35NO2/c1-5-15-29(32)16-14-26-24-12-8-20-17-22(31)11-13-23(20)27(24)25(18-28(26,29)2)19-6-9-21(10-7-19)30(3)4/h6-7,9-10,17,24-26,32H,8,11-14,16,18H2,1-4H3/t24-,25-,26+,28-,29-/m0/s1. The molecule has 4 aliphatic carbocycles. The molecule has 3 heteroatoms. The molecule has 1 aromatic carbocycles. The number of fused-ring (bicyclic) bond motifs is 4. The van der Waals surface area contributed by atoms with Gasteiger partial charge in [-0.25, -0.2) is 0 Å². The van der Waals surface area contributed by atoms with Crippen molar-refractivity contribution in [3.8, 4) is 11.8 Å². The van der Waals surface area contributed by atoms with E-state index in [2.05, 4.69) is 62.0 Å². The molecule has 0 saturated heterocycles. The van der Waals surface area contributed by atoms with Crippen molar-refractivity contribution in [1.82, 2.24) is 0 Å². The van der Waals surface area contributed by atoms with E-state index >= 15 is 0 Å². The van der Waals surface area contributed by atoms with E-state index in [-0.39, 0.29) is 17.1 Å². The van der Waals surface area contributed by atoms with Crippen molar-refractivity contribution in [2.24, 2.45) is 17.3 Å². The molecular weight excluding hydrogens is 394 g/mol. The molecule has 0 aromatic heterocycles. The molecule has 5 atom stereocenters. The van der Waals surface area contributed by atoms with Crippen LogP contribution in [0, 0.1) is 29.1 Å². The number of anilines is 1. The Balaban J connectivity index is 1.67. The number of hydrogen-bond donors (Lipinski definition) is 1. The van der Waals surface area contributed by atoms with Crippen LogP contribution in [0.1, 0.15) is 70.3 Å². The monoisotopic (exact) mass is 429 g/mol.